The fraction of sp³-hybridized carbons (Fsp3) is 0.533. The molecule has 0 aliphatic heterocycles. The van der Waals surface area contributed by atoms with E-state index in [9.17, 15) is 9.90 Å². The third kappa shape index (κ3) is 4.69. The number of likely N-dealkylation sites (N-methyl/N-ethyl adjacent to an activating group) is 1. The highest BCUT2D eigenvalue weighted by Gasteiger charge is 2.14. The number of nitrogens with one attached hydrogen (secondary N) is 1. The topological polar surface area (TPSA) is 52.6 Å². The maximum atomic E-state index is 11.8. The molecule has 1 rings (SSSR count). The van der Waals surface area contributed by atoms with Gasteiger partial charge < -0.3 is 15.3 Å². The first-order valence-corrected chi connectivity index (χ1v) is 7.24. The van der Waals surface area contributed by atoms with E-state index >= 15 is 0 Å². The number of halogens is 1. The molecule has 0 spiro atoms. The van der Waals surface area contributed by atoms with Crippen LogP contribution in [0.1, 0.15) is 39.4 Å². The van der Waals surface area contributed by atoms with Crippen molar-refractivity contribution in [1.29, 1.82) is 0 Å². The van der Waals surface area contributed by atoms with E-state index in [1.165, 1.54) is 0 Å². The molecule has 0 bridgehead atoms. The van der Waals surface area contributed by atoms with Crippen LogP contribution in [0.25, 0.3) is 0 Å². The van der Waals surface area contributed by atoms with Gasteiger partial charge in [0.15, 0.2) is 0 Å². The van der Waals surface area contributed by atoms with E-state index in [1.807, 2.05) is 37.8 Å². The molecule has 0 aliphatic rings. The number of nitrogens with zero attached hydrogens (tertiary/aromatic N) is 1. The molecular weight excluding hydrogens is 276 g/mol. The Morgan fingerprint density at radius 2 is 2.05 bits per heavy atom. The van der Waals surface area contributed by atoms with E-state index in [1.54, 1.807) is 13.0 Å². The molecule has 0 heterocycles. The lowest BCUT2D eigenvalue weighted by atomic mass is 10.1. The van der Waals surface area contributed by atoms with Crippen LogP contribution in [0.2, 0.25) is 5.02 Å². The summed E-state index contributed by atoms with van der Waals surface area (Å²) in [6, 6.07) is 5.53. The second kappa shape index (κ2) is 7.50. The Labute approximate surface area is 125 Å². The van der Waals surface area contributed by atoms with Gasteiger partial charge in [-0.1, -0.05) is 17.7 Å². The van der Waals surface area contributed by atoms with Crippen LogP contribution in [0, 0.1) is 0 Å². The zero-order valence-electron chi connectivity index (χ0n) is 12.5. The van der Waals surface area contributed by atoms with Gasteiger partial charge in [0.1, 0.15) is 0 Å². The summed E-state index contributed by atoms with van der Waals surface area (Å²) in [6.45, 7) is 8.47. The maximum absolute atomic E-state index is 11.8. The zero-order chi connectivity index (χ0) is 15.3. The highest BCUT2D eigenvalue weighted by Crippen LogP contribution is 2.28. The predicted molar refractivity (Wildman–Crippen MR) is 83.3 cm³/mol. The van der Waals surface area contributed by atoms with Crippen molar-refractivity contribution in [3.8, 4) is 0 Å². The minimum Gasteiger partial charge on any atom is -0.389 e. The highest BCUT2D eigenvalue weighted by atomic mass is 35.5. The molecule has 112 valence electrons. The second-order valence-corrected chi connectivity index (χ2v) is 5.53. The quantitative estimate of drug-likeness (QED) is 0.849. The van der Waals surface area contributed by atoms with Crippen molar-refractivity contribution in [3.63, 3.8) is 0 Å². The lowest BCUT2D eigenvalue weighted by Gasteiger charge is -2.24. The van der Waals surface area contributed by atoms with E-state index < -0.39 is 6.10 Å². The van der Waals surface area contributed by atoms with Gasteiger partial charge in [-0.3, -0.25) is 4.79 Å². The Morgan fingerprint density at radius 3 is 2.50 bits per heavy atom. The van der Waals surface area contributed by atoms with Crippen molar-refractivity contribution in [2.24, 2.45) is 0 Å². The Bertz CT molecular complexity index is 461. The number of carbonyl (C=O) groups excluding carboxylic acids is 1. The summed E-state index contributed by atoms with van der Waals surface area (Å²) < 4.78 is 0. The normalized spacial score (nSPS) is 12.3. The summed E-state index contributed by atoms with van der Waals surface area (Å²) in [7, 11) is 0. The van der Waals surface area contributed by atoms with E-state index in [2.05, 4.69) is 5.32 Å². The van der Waals surface area contributed by atoms with Crippen LogP contribution in [-0.4, -0.2) is 30.1 Å². The molecule has 1 aromatic carbocycles. The average Bonchev–Trinajstić information content (AvgIpc) is 2.35. The lowest BCUT2D eigenvalue weighted by molar-refractivity contribution is -0.120. The largest absolute Gasteiger partial charge is 0.389 e. The van der Waals surface area contributed by atoms with Crippen LogP contribution in [0.15, 0.2) is 18.2 Å². The number of anilines is 1. The molecule has 1 amide bonds. The van der Waals surface area contributed by atoms with Gasteiger partial charge in [-0.05, 0) is 45.4 Å². The van der Waals surface area contributed by atoms with Gasteiger partial charge in [0.05, 0.1) is 23.4 Å². The van der Waals surface area contributed by atoms with E-state index in [-0.39, 0.29) is 18.5 Å². The predicted octanol–water partition coefficient (Wildman–Crippen LogP) is 2.74. The molecule has 4 nitrogen and oxygen atoms in total. The van der Waals surface area contributed by atoms with Gasteiger partial charge in [0, 0.05) is 12.6 Å². The number of rotatable bonds is 6. The van der Waals surface area contributed by atoms with Crippen LogP contribution in [0.5, 0.6) is 0 Å². The zero-order valence-corrected chi connectivity index (χ0v) is 13.2. The van der Waals surface area contributed by atoms with Crippen LogP contribution in [0.4, 0.5) is 5.69 Å². The standard InChI is InChI=1S/C15H23ClN2O2/c1-5-18(9-15(20)17-10(2)3)14-7-6-12(11(4)19)8-13(14)16/h6-8,10-11,19H,5,9H2,1-4H3,(H,17,20). The summed E-state index contributed by atoms with van der Waals surface area (Å²) in [5, 5.41) is 12.9. The third-order valence-corrected chi connectivity index (χ3v) is 3.26. The van der Waals surface area contributed by atoms with Gasteiger partial charge in [0.25, 0.3) is 0 Å². The molecule has 5 heteroatoms. The molecule has 0 aromatic heterocycles. The van der Waals surface area contributed by atoms with Gasteiger partial charge >= 0.3 is 0 Å². The first kappa shape index (κ1) is 16.8. The lowest BCUT2D eigenvalue weighted by Crippen LogP contribution is -2.40. The molecular formula is C15H23ClN2O2. The number of amides is 1. The Balaban J connectivity index is 2.87. The molecule has 1 atom stereocenters. The molecule has 0 saturated heterocycles. The molecule has 0 aliphatic carbocycles. The van der Waals surface area contributed by atoms with E-state index in [4.69, 9.17) is 11.6 Å². The van der Waals surface area contributed by atoms with Crippen molar-refractivity contribution in [2.45, 2.75) is 39.8 Å². The highest BCUT2D eigenvalue weighted by molar-refractivity contribution is 6.33. The molecule has 0 saturated carbocycles. The van der Waals surface area contributed by atoms with Crippen LogP contribution >= 0.6 is 11.6 Å². The van der Waals surface area contributed by atoms with E-state index in [0.29, 0.717) is 11.6 Å². The molecule has 2 N–H and O–H groups in total. The van der Waals surface area contributed by atoms with Gasteiger partial charge in [-0.2, -0.15) is 0 Å². The van der Waals surface area contributed by atoms with Crippen molar-refractivity contribution >= 4 is 23.2 Å². The monoisotopic (exact) mass is 298 g/mol. The minimum absolute atomic E-state index is 0.0301. The molecule has 1 aromatic rings. The second-order valence-electron chi connectivity index (χ2n) is 5.12. The summed E-state index contributed by atoms with van der Waals surface area (Å²) in [6.07, 6.45) is -0.555. The molecule has 1 unspecified atom stereocenters. The van der Waals surface area contributed by atoms with E-state index in [0.717, 1.165) is 11.3 Å². The summed E-state index contributed by atoms with van der Waals surface area (Å²) >= 11 is 6.25. The summed E-state index contributed by atoms with van der Waals surface area (Å²) in [5.41, 5.74) is 1.57. The van der Waals surface area contributed by atoms with Crippen molar-refractivity contribution in [1.82, 2.24) is 5.32 Å². The number of hydrogen-bond donors (Lipinski definition) is 2. The molecule has 0 radical (unpaired) electrons. The van der Waals surface area contributed by atoms with Gasteiger partial charge in [-0.25, -0.2) is 0 Å². The summed E-state index contributed by atoms with van der Waals surface area (Å²) in [5.74, 6) is -0.0301. The number of hydrogen-bond acceptors (Lipinski definition) is 3. The third-order valence-electron chi connectivity index (χ3n) is 2.96. The van der Waals surface area contributed by atoms with Crippen molar-refractivity contribution < 1.29 is 9.90 Å². The smallest absolute Gasteiger partial charge is 0.239 e. The van der Waals surface area contributed by atoms with Crippen molar-refractivity contribution in [2.75, 3.05) is 18.0 Å². The number of benzene rings is 1. The van der Waals surface area contributed by atoms with Gasteiger partial charge in [0.2, 0.25) is 5.91 Å². The van der Waals surface area contributed by atoms with Crippen LogP contribution < -0.4 is 10.2 Å². The number of carbonyl (C=O) groups is 1. The van der Waals surface area contributed by atoms with Gasteiger partial charge in [-0.15, -0.1) is 0 Å². The van der Waals surface area contributed by atoms with Crippen LogP contribution in [0.3, 0.4) is 0 Å². The number of aliphatic hydroxyl groups is 1. The SMILES string of the molecule is CCN(CC(=O)NC(C)C)c1ccc(C(C)O)cc1Cl. The Kier molecular flexibility index (Phi) is 6.30. The van der Waals surface area contributed by atoms with Crippen molar-refractivity contribution in [3.05, 3.63) is 28.8 Å². The number of aliphatic hydroxyl groups excluding tert-OH is 1. The molecule has 0 fully saturated rings. The first-order valence-electron chi connectivity index (χ1n) is 6.87. The Morgan fingerprint density at radius 1 is 1.40 bits per heavy atom. The average molecular weight is 299 g/mol. The minimum atomic E-state index is -0.555. The molecule has 20 heavy (non-hydrogen) atoms. The maximum Gasteiger partial charge on any atom is 0.239 e. The first-order chi connectivity index (χ1) is 9.35. The summed E-state index contributed by atoms with van der Waals surface area (Å²) in [4.78, 5) is 13.8. The van der Waals surface area contributed by atoms with Crippen LogP contribution in [-0.2, 0) is 4.79 Å². The Hall–Kier alpha value is -1.26. The fourth-order valence-electron chi connectivity index (χ4n) is 1.95. The fourth-order valence-corrected chi connectivity index (χ4v) is 2.26.